The van der Waals surface area contributed by atoms with Crippen molar-refractivity contribution in [3.05, 3.63) is 23.5 Å². The van der Waals surface area contributed by atoms with Crippen molar-refractivity contribution in [2.75, 3.05) is 18.6 Å². The second-order valence-electron chi connectivity index (χ2n) is 2.70. The van der Waals surface area contributed by atoms with Gasteiger partial charge >= 0.3 is 0 Å². The maximum absolute atomic E-state index is 11.7. The van der Waals surface area contributed by atoms with Crippen LogP contribution < -0.4 is 4.72 Å². The van der Waals surface area contributed by atoms with Crippen LogP contribution in [0.5, 0.6) is 0 Å². The molecule has 0 saturated carbocycles. The maximum Gasteiger partial charge on any atom is 0.243 e. The molecule has 0 saturated heterocycles. The van der Waals surface area contributed by atoms with Crippen molar-refractivity contribution >= 4 is 33.4 Å². The largest absolute Gasteiger partial charge is 0.263 e. The lowest BCUT2D eigenvalue weighted by atomic mass is 10.5. The number of hydrogen-bond acceptors (Lipinski definition) is 4. The molecule has 7 heteroatoms. The van der Waals surface area contributed by atoms with E-state index in [2.05, 4.69) is 9.71 Å². The van der Waals surface area contributed by atoms with Crippen LogP contribution in [0.3, 0.4) is 0 Å². The quantitative estimate of drug-likeness (QED) is 0.818. The number of nitrogens with one attached hydrogen (secondary N) is 1. The summed E-state index contributed by atoms with van der Waals surface area (Å²) in [4.78, 5) is 3.75. The van der Waals surface area contributed by atoms with E-state index in [-0.39, 0.29) is 9.92 Å². The Morgan fingerprint density at radius 2 is 2.33 bits per heavy atom. The lowest BCUT2D eigenvalue weighted by Gasteiger charge is -2.06. The van der Waals surface area contributed by atoms with Crippen LogP contribution in [0.15, 0.2) is 23.4 Å². The third-order valence-electron chi connectivity index (χ3n) is 1.62. The third-order valence-corrected chi connectivity index (χ3v) is 4.16. The zero-order valence-electron chi connectivity index (χ0n) is 8.10. The van der Waals surface area contributed by atoms with Crippen LogP contribution >= 0.6 is 23.4 Å². The number of rotatable bonds is 5. The molecule has 1 heterocycles. The van der Waals surface area contributed by atoms with E-state index in [1.165, 1.54) is 18.5 Å². The molecule has 0 unspecified atom stereocenters. The standard InChI is InChI=1S/C8H11ClN2O2S2/c1-14-5-4-11-15(12,13)8-6-10-3-2-7(8)9/h2-3,6,11H,4-5H2,1H3. The molecule has 0 aliphatic carbocycles. The van der Waals surface area contributed by atoms with Gasteiger partial charge in [-0.05, 0) is 12.3 Å². The average molecular weight is 267 g/mol. The minimum Gasteiger partial charge on any atom is -0.263 e. The molecule has 1 aromatic heterocycles. The monoisotopic (exact) mass is 266 g/mol. The van der Waals surface area contributed by atoms with Gasteiger partial charge in [0, 0.05) is 24.7 Å². The summed E-state index contributed by atoms with van der Waals surface area (Å²) in [6, 6.07) is 1.45. The van der Waals surface area contributed by atoms with Gasteiger partial charge in [-0.1, -0.05) is 11.6 Å². The van der Waals surface area contributed by atoms with Crippen molar-refractivity contribution in [2.24, 2.45) is 0 Å². The van der Waals surface area contributed by atoms with E-state index in [1.54, 1.807) is 11.8 Å². The summed E-state index contributed by atoms with van der Waals surface area (Å²) in [6.45, 7) is 0.384. The van der Waals surface area contributed by atoms with Crippen LogP contribution in [0.2, 0.25) is 5.02 Å². The molecule has 0 aliphatic heterocycles. The number of thioether (sulfide) groups is 1. The summed E-state index contributed by atoms with van der Waals surface area (Å²) in [7, 11) is -3.52. The average Bonchev–Trinajstić information content (AvgIpc) is 2.18. The SMILES string of the molecule is CSCCNS(=O)(=O)c1cnccc1Cl. The molecular formula is C8H11ClN2O2S2. The van der Waals surface area contributed by atoms with Gasteiger partial charge in [-0.15, -0.1) is 0 Å². The Kier molecular flexibility index (Phi) is 4.85. The molecule has 1 rings (SSSR count). The van der Waals surface area contributed by atoms with E-state index in [4.69, 9.17) is 11.6 Å². The number of nitrogens with zero attached hydrogens (tertiary/aromatic N) is 1. The summed E-state index contributed by atoms with van der Waals surface area (Å²) in [5, 5.41) is 0.182. The number of hydrogen-bond donors (Lipinski definition) is 1. The molecule has 0 radical (unpaired) electrons. The van der Waals surface area contributed by atoms with Crippen LogP contribution in [0.1, 0.15) is 0 Å². The summed E-state index contributed by atoms with van der Waals surface area (Å²) >= 11 is 7.32. The zero-order valence-corrected chi connectivity index (χ0v) is 10.5. The Balaban J connectivity index is 2.83. The molecular weight excluding hydrogens is 256 g/mol. The van der Waals surface area contributed by atoms with Gasteiger partial charge < -0.3 is 0 Å². The van der Waals surface area contributed by atoms with E-state index in [0.29, 0.717) is 6.54 Å². The molecule has 0 atom stereocenters. The summed E-state index contributed by atoms with van der Waals surface area (Å²) in [5.41, 5.74) is 0. The minimum absolute atomic E-state index is 0.0211. The van der Waals surface area contributed by atoms with Crippen LogP contribution in [-0.2, 0) is 10.0 Å². The van der Waals surface area contributed by atoms with Gasteiger partial charge in [0.2, 0.25) is 10.0 Å². The zero-order chi connectivity index (χ0) is 11.3. The van der Waals surface area contributed by atoms with Gasteiger partial charge in [-0.2, -0.15) is 11.8 Å². The fraction of sp³-hybridized carbons (Fsp3) is 0.375. The Labute approximate surface area is 98.5 Å². The minimum atomic E-state index is -3.52. The van der Waals surface area contributed by atoms with Gasteiger partial charge in [0.15, 0.2) is 0 Å². The first kappa shape index (κ1) is 12.8. The van der Waals surface area contributed by atoms with Crippen molar-refractivity contribution in [2.45, 2.75) is 4.90 Å². The first-order valence-corrected chi connectivity index (χ1v) is 7.41. The van der Waals surface area contributed by atoms with Gasteiger partial charge in [0.1, 0.15) is 4.90 Å². The normalized spacial score (nSPS) is 11.6. The van der Waals surface area contributed by atoms with Gasteiger partial charge in [0.25, 0.3) is 0 Å². The number of halogens is 1. The molecule has 84 valence electrons. The first-order valence-electron chi connectivity index (χ1n) is 4.16. The van der Waals surface area contributed by atoms with Gasteiger partial charge in [-0.25, -0.2) is 13.1 Å². The van der Waals surface area contributed by atoms with E-state index < -0.39 is 10.0 Å². The van der Waals surface area contributed by atoms with Crippen molar-refractivity contribution in [3.63, 3.8) is 0 Å². The molecule has 0 spiro atoms. The van der Waals surface area contributed by atoms with Crippen LogP contribution in [0.25, 0.3) is 0 Å². The van der Waals surface area contributed by atoms with E-state index in [1.807, 2.05) is 6.26 Å². The molecule has 1 aromatic rings. The Morgan fingerprint density at radius 1 is 1.60 bits per heavy atom. The van der Waals surface area contributed by atoms with Crippen molar-refractivity contribution in [1.29, 1.82) is 0 Å². The Bertz CT molecular complexity index is 422. The van der Waals surface area contributed by atoms with Crippen molar-refractivity contribution < 1.29 is 8.42 Å². The highest BCUT2D eigenvalue weighted by Crippen LogP contribution is 2.18. The summed E-state index contributed by atoms with van der Waals surface area (Å²) < 4.78 is 25.8. The topological polar surface area (TPSA) is 59.1 Å². The van der Waals surface area contributed by atoms with E-state index >= 15 is 0 Å². The summed E-state index contributed by atoms with van der Waals surface area (Å²) in [6.07, 6.45) is 4.60. The predicted molar refractivity (Wildman–Crippen MR) is 62.8 cm³/mol. The van der Waals surface area contributed by atoms with E-state index in [9.17, 15) is 8.42 Å². The lowest BCUT2D eigenvalue weighted by Crippen LogP contribution is -2.26. The first-order chi connectivity index (χ1) is 7.08. The number of aromatic nitrogens is 1. The number of sulfonamides is 1. The lowest BCUT2D eigenvalue weighted by molar-refractivity contribution is 0.584. The fourth-order valence-electron chi connectivity index (χ4n) is 0.917. The summed E-state index contributed by atoms with van der Waals surface area (Å²) in [5.74, 6) is 0.719. The second kappa shape index (κ2) is 5.69. The molecule has 1 N–H and O–H groups in total. The molecule has 0 aromatic carbocycles. The van der Waals surface area contributed by atoms with Crippen molar-refractivity contribution in [1.82, 2.24) is 9.71 Å². The third kappa shape index (κ3) is 3.64. The number of pyridine rings is 1. The van der Waals surface area contributed by atoms with Crippen LogP contribution in [0.4, 0.5) is 0 Å². The molecule has 0 fully saturated rings. The molecule has 0 amide bonds. The highest BCUT2D eigenvalue weighted by Gasteiger charge is 2.16. The molecule has 0 aliphatic rings. The molecule has 15 heavy (non-hydrogen) atoms. The van der Waals surface area contributed by atoms with E-state index in [0.717, 1.165) is 5.75 Å². The van der Waals surface area contributed by atoms with Crippen LogP contribution in [-0.4, -0.2) is 32.0 Å². The van der Waals surface area contributed by atoms with Gasteiger partial charge in [0.05, 0.1) is 5.02 Å². The Morgan fingerprint density at radius 3 is 2.93 bits per heavy atom. The van der Waals surface area contributed by atoms with Crippen LogP contribution in [0, 0.1) is 0 Å². The molecule has 4 nitrogen and oxygen atoms in total. The highest BCUT2D eigenvalue weighted by molar-refractivity contribution is 7.98. The second-order valence-corrected chi connectivity index (χ2v) is 5.82. The fourth-order valence-corrected chi connectivity index (χ4v) is 2.81. The smallest absolute Gasteiger partial charge is 0.243 e. The van der Waals surface area contributed by atoms with Crippen molar-refractivity contribution in [3.8, 4) is 0 Å². The van der Waals surface area contributed by atoms with Gasteiger partial charge in [-0.3, -0.25) is 4.98 Å². The maximum atomic E-state index is 11.7. The highest BCUT2D eigenvalue weighted by atomic mass is 35.5. The Hall–Kier alpha value is -0.300. The molecule has 0 bridgehead atoms. The predicted octanol–water partition coefficient (Wildman–Crippen LogP) is 1.38.